The van der Waals surface area contributed by atoms with Gasteiger partial charge >= 0.3 is 0 Å². The van der Waals surface area contributed by atoms with Crippen LogP contribution in [0.5, 0.6) is 0 Å². The van der Waals surface area contributed by atoms with Crippen molar-refractivity contribution >= 4 is 5.69 Å². The fourth-order valence-electron chi connectivity index (χ4n) is 2.19. The molecular formula is C14H18FN3O2. The molecule has 1 unspecified atom stereocenters. The van der Waals surface area contributed by atoms with Crippen LogP contribution in [0.3, 0.4) is 0 Å². The molecule has 5 nitrogen and oxygen atoms in total. The maximum Gasteiger partial charge on any atom is 0.181 e. The number of nitriles is 1. The van der Waals surface area contributed by atoms with Gasteiger partial charge in [0.05, 0.1) is 5.56 Å². The molecule has 108 valence electrons. The van der Waals surface area contributed by atoms with Crippen LogP contribution < -0.4 is 10.6 Å². The minimum absolute atomic E-state index is 0.0560. The van der Waals surface area contributed by atoms with Crippen molar-refractivity contribution in [1.29, 1.82) is 5.26 Å². The predicted molar refractivity (Wildman–Crippen MR) is 72.3 cm³/mol. The average Bonchev–Trinajstić information content (AvgIpc) is 2.41. The summed E-state index contributed by atoms with van der Waals surface area (Å²) in [5.74, 6) is -0.572. The number of hydrogen-bond acceptors (Lipinski definition) is 5. The number of nitrogens with one attached hydrogen (secondary N) is 2. The third-order valence-corrected chi connectivity index (χ3v) is 3.47. The van der Waals surface area contributed by atoms with Crippen molar-refractivity contribution in [3.63, 3.8) is 0 Å². The maximum absolute atomic E-state index is 13.2. The minimum atomic E-state index is -0.977. The van der Waals surface area contributed by atoms with Gasteiger partial charge in [-0.05, 0) is 38.0 Å². The summed E-state index contributed by atoms with van der Waals surface area (Å²) in [6.45, 7) is 3.34. The third kappa shape index (κ3) is 3.67. The summed E-state index contributed by atoms with van der Waals surface area (Å²) in [6.07, 6.45) is 0.632. The first-order valence-electron chi connectivity index (χ1n) is 6.52. The number of benzene rings is 1. The Morgan fingerprint density at radius 3 is 2.80 bits per heavy atom. The van der Waals surface area contributed by atoms with Crippen LogP contribution in [0.25, 0.3) is 0 Å². The molecule has 1 aromatic carbocycles. The first-order chi connectivity index (χ1) is 9.52. The molecular weight excluding hydrogens is 261 g/mol. The second kappa shape index (κ2) is 6.18. The summed E-state index contributed by atoms with van der Waals surface area (Å²) in [4.78, 5) is 0. The van der Waals surface area contributed by atoms with E-state index in [0.717, 1.165) is 12.8 Å². The summed E-state index contributed by atoms with van der Waals surface area (Å²) in [5, 5.41) is 24.7. The summed E-state index contributed by atoms with van der Waals surface area (Å²) in [6, 6.07) is 5.81. The molecule has 0 bridgehead atoms. The van der Waals surface area contributed by atoms with Crippen LogP contribution in [0.15, 0.2) is 18.2 Å². The van der Waals surface area contributed by atoms with E-state index in [1.165, 1.54) is 18.2 Å². The van der Waals surface area contributed by atoms with Crippen LogP contribution in [0.1, 0.15) is 25.3 Å². The molecule has 0 aromatic heterocycles. The summed E-state index contributed by atoms with van der Waals surface area (Å²) < 4.78 is 18.5. The first-order valence-corrected chi connectivity index (χ1v) is 6.52. The average molecular weight is 279 g/mol. The Hall–Kier alpha value is -1.68. The molecule has 1 aliphatic heterocycles. The van der Waals surface area contributed by atoms with E-state index in [-0.39, 0.29) is 11.1 Å². The Morgan fingerprint density at radius 2 is 2.15 bits per heavy atom. The summed E-state index contributed by atoms with van der Waals surface area (Å²) in [5.41, 5.74) is 0.223. The number of rotatable bonds is 4. The zero-order valence-corrected chi connectivity index (χ0v) is 11.3. The smallest absolute Gasteiger partial charge is 0.181 e. The van der Waals surface area contributed by atoms with E-state index in [9.17, 15) is 9.50 Å². The molecule has 20 heavy (non-hydrogen) atoms. The van der Waals surface area contributed by atoms with Gasteiger partial charge < -0.3 is 15.2 Å². The highest BCUT2D eigenvalue weighted by molar-refractivity contribution is 5.50. The molecule has 1 atom stereocenters. The molecule has 3 N–H and O–H groups in total. The molecule has 1 aromatic rings. The van der Waals surface area contributed by atoms with Gasteiger partial charge in [-0.2, -0.15) is 5.26 Å². The van der Waals surface area contributed by atoms with Crippen molar-refractivity contribution in [3.05, 3.63) is 29.6 Å². The summed E-state index contributed by atoms with van der Waals surface area (Å²) >= 11 is 0. The van der Waals surface area contributed by atoms with Crippen molar-refractivity contribution in [3.8, 4) is 6.07 Å². The monoisotopic (exact) mass is 279 g/mol. The molecule has 6 heteroatoms. The van der Waals surface area contributed by atoms with Crippen LogP contribution in [-0.4, -0.2) is 30.2 Å². The molecule has 1 fully saturated rings. The highest BCUT2D eigenvalue weighted by Crippen LogP contribution is 2.21. The lowest BCUT2D eigenvalue weighted by molar-refractivity contribution is 0.0191. The molecule has 0 amide bonds. The van der Waals surface area contributed by atoms with Gasteiger partial charge in [-0.1, -0.05) is 0 Å². The fourth-order valence-corrected chi connectivity index (χ4v) is 2.19. The number of aliphatic hydroxyl groups excluding tert-OH is 1. The lowest BCUT2D eigenvalue weighted by atomic mass is 9.93. The maximum atomic E-state index is 13.2. The molecule has 0 aliphatic carbocycles. The molecule has 0 radical (unpaired) electrons. The Balaban J connectivity index is 1.97. The largest absolute Gasteiger partial charge is 0.381 e. The van der Waals surface area contributed by atoms with Gasteiger partial charge in [0.2, 0.25) is 0 Å². The zero-order valence-electron chi connectivity index (χ0n) is 11.3. The Kier molecular flexibility index (Phi) is 4.55. The van der Waals surface area contributed by atoms with Gasteiger partial charge in [-0.25, -0.2) is 4.39 Å². The SMILES string of the molecule is CC1(NC(O)Nc2ccc(F)c(C#N)c2)CCOCC1. The van der Waals surface area contributed by atoms with Crippen molar-refractivity contribution in [2.75, 3.05) is 18.5 Å². The normalized spacial score (nSPS) is 19.1. The zero-order chi connectivity index (χ0) is 14.6. The van der Waals surface area contributed by atoms with Crippen LogP contribution in [0.4, 0.5) is 10.1 Å². The van der Waals surface area contributed by atoms with Crippen molar-refractivity contribution < 1.29 is 14.2 Å². The molecule has 0 spiro atoms. The molecule has 2 rings (SSSR count). The van der Waals surface area contributed by atoms with E-state index in [1.54, 1.807) is 6.07 Å². The second-order valence-corrected chi connectivity index (χ2v) is 5.17. The lowest BCUT2D eigenvalue weighted by Crippen LogP contribution is -2.53. The van der Waals surface area contributed by atoms with Gasteiger partial charge in [0.25, 0.3) is 0 Å². The van der Waals surface area contributed by atoms with E-state index in [1.807, 2.05) is 6.92 Å². The van der Waals surface area contributed by atoms with Gasteiger partial charge in [0.15, 0.2) is 6.35 Å². The number of aliphatic hydroxyl groups is 1. The van der Waals surface area contributed by atoms with Crippen molar-refractivity contribution in [2.45, 2.75) is 31.7 Å². The van der Waals surface area contributed by atoms with Gasteiger partial charge in [0, 0.05) is 24.4 Å². The topological polar surface area (TPSA) is 77.3 Å². The van der Waals surface area contributed by atoms with Crippen LogP contribution in [0, 0.1) is 17.1 Å². The number of anilines is 1. The van der Waals surface area contributed by atoms with Crippen molar-refractivity contribution in [1.82, 2.24) is 5.32 Å². The highest BCUT2D eigenvalue weighted by Gasteiger charge is 2.29. The van der Waals surface area contributed by atoms with E-state index in [2.05, 4.69) is 10.6 Å². The lowest BCUT2D eigenvalue weighted by Gasteiger charge is -2.36. The number of nitrogens with zero attached hydrogens (tertiary/aromatic N) is 1. The van der Waals surface area contributed by atoms with Crippen LogP contribution in [0.2, 0.25) is 0 Å². The predicted octanol–water partition coefficient (Wildman–Crippen LogP) is 1.54. The Bertz CT molecular complexity index is 510. The van der Waals surface area contributed by atoms with Crippen LogP contribution in [-0.2, 0) is 4.74 Å². The minimum Gasteiger partial charge on any atom is -0.381 e. The van der Waals surface area contributed by atoms with E-state index < -0.39 is 12.2 Å². The summed E-state index contributed by atoms with van der Waals surface area (Å²) in [7, 11) is 0. The van der Waals surface area contributed by atoms with E-state index in [0.29, 0.717) is 18.9 Å². The molecule has 1 saturated heterocycles. The molecule has 1 heterocycles. The second-order valence-electron chi connectivity index (χ2n) is 5.17. The number of ether oxygens (including phenoxy) is 1. The Labute approximate surface area is 117 Å². The van der Waals surface area contributed by atoms with Crippen molar-refractivity contribution in [2.24, 2.45) is 0 Å². The van der Waals surface area contributed by atoms with Crippen LogP contribution >= 0.6 is 0 Å². The number of halogens is 1. The Morgan fingerprint density at radius 1 is 1.45 bits per heavy atom. The quantitative estimate of drug-likeness (QED) is 0.729. The van der Waals surface area contributed by atoms with Gasteiger partial charge in [0.1, 0.15) is 11.9 Å². The molecule has 1 aliphatic rings. The third-order valence-electron chi connectivity index (χ3n) is 3.47. The first kappa shape index (κ1) is 14.7. The van der Waals surface area contributed by atoms with E-state index >= 15 is 0 Å². The van der Waals surface area contributed by atoms with Gasteiger partial charge in [-0.3, -0.25) is 5.32 Å². The van der Waals surface area contributed by atoms with Gasteiger partial charge in [-0.15, -0.1) is 0 Å². The number of hydrogen-bond donors (Lipinski definition) is 3. The molecule has 0 saturated carbocycles. The highest BCUT2D eigenvalue weighted by atomic mass is 19.1. The fraction of sp³-hybridized carbons (Fsp3) is 0.500. The van der Waals surface area contributed by atoms with E-state index in [4.69, 9.17) is 10.00 Å². The standard InChI is InChI=1S/C14H18FN3O2/c1-14(4-6-20-7-5-14)18-13(19)17-11-2-3-12(15)10(8-11)9-16/h2-3,8,13,17-19H,4-7H2,1H3.